The summed E-state index contributed by atoms with van der Waals surface area (Å²) in [6.45, 7) is 2.40. The van der Waals surface area contributed by atoms with Gasteiger partial charge in [-0.1, -0.05) is 12.1 Å². The van der Waals surface area contributed by atoms with Gasteiger partial charge in [-0.25, -0.2) is 0 Å². The van der Waals surface area contributed by atoms with Gasteiger partial charge in [0.05, 0.1) is 12.2 Å². The molecule has 2 rings (SSSR count). The van der Waals surface area contributed by atoms with Crippen molar-refractivity contribution in [2.45, 2.75) is 24.2 Å². The van der Waals surface area contributed by atoms with Gasteiger partial charge in [-0.3, -0.25) is 9.69 Å². The van der Waals surface area contributed by atoms with Gasteiger partial charge in [-0.05, 0) is 45.0 Å². The van der Waals surface area contributed by atoms with Crippen molar-refractivity contribution >= 4 is 23.4 Å². The zero-order valence-corrected chi connectivity index (χ0v) is 13.4. The van der Waals surface area contributed by atoms with Crippen LogP contribution >= 0.6 is 11.8 Å². The topological polar surface area (TPSA) is 43.8 Å². The van der Waals surface area contributed by atoms with Crippen molar-refractivity contribution in [3.63, 3.8) is 0 Å². The monoisotopic (exact) mass is 308 g/mol. The van der Waals surface area contributed by atoms with Crippen molar-refractivity contribution in [1.82, 2.24) is 4.90 Å². The molecule has 1 amide bonds. The molecule has 1 aliphatic heterocycles. The Bertz CT molecular complexity index is 467. The molecule has 0 atom stereocenters. The zero-order valence-electron chi connectivity index (χ0n) is 12.6. The van der Waals surface area contributed by atoms with E-state index in [1.165, 1.54) is 4.90 Å². The maximum Gasteiger partial charge on any atom is 0.241 e. The van der Waals surface area contributed by atoms with E-state index in [2.05, 4.69) is 11.0 Å². The molecule has 0 saturated carbocycles. The molecular formula is C16H24N2O2S. The van der Waals surface area contributed by atoms with Crippen LogP contribution in [0, 0.1) is 0 Å². The van der Waals surface area contributed by atoms with Crippen LogP contribution in [0.1, 0.15) is 19.3 Å². The summed E-state index contributed by atoms with van der Waals surface area (Å²) in [5.41, 5.74) is 1.05. The van der Waals surface area contributed by atoms with Crippen molar-refractivity contribution in [3.8, 4) is 0 Å². The van der Waals surface area contributed by atoms with E-state index < -0.39 is 0 Å². The van der Waals surface area contributed by atoms with E-state index in [0.717, 1.165) is 43.8 Å². The Labute approximate surface area is 131 Å². The number of fused-ring (bicyclic) bond motifs is 1. The van der Waals surface area contributed by atoms with E-state index in [4.69, 9.17) is 5.11 Å². The number of aliphatic hydroxyl groups excluding tert-OH is 1. The van der Waals surface area contributed by atoms with Crippen LogP contribution in [0.4, 0.5) is 5.69 Å². The molecule has 0 aromatic heterocycles. The molecule has 0 radical (unpaired) electrons. The number of anilines is 1. The fourth-order valence-corrected chi connectivity index (χ4v) is 3.49. The fraction of sp³-hybridized carbons (Fsp3) is 0.562. The first kappa shape index (κ1) is 16.3. The summed E-state index contributed by atoms with van der Waals surface area (Å²) in [6.07, 6.45) is 2.88. The van der Waals surface area contributed by atoms with Crippen LogP contribution in [0.5, 0.6) is 0 Å². The first-order valence-electron chi connectivity index (χ1n) is 7.54. The second kappa shape index (κ2) is 8.41. The number of rotatable bonds is 7. The average molecular weight is 308 g/mol. The minimum atomic E-state index is 0.174. The number of nitrogens with zero attached hydrogens (tertiary/aromatic N) is 2. The van der Waals surface area contributed by atoms with E-state index >= 15 is 0 Å². The molecule has 0 aliphatic carbocycles. The van der Waals surface area contributed by atoms with Gasteiger partial charge in [0.2, 0.25) is 5.91 Å². The molecule has 1 aliphatic rings. The van der Waals surface area contributed by atoms with Gasteiger partial charge in [0.15, 0.2) is 0 Å². The van der Waals surface area contributed by atoms with Crippen LogP contribution < -0.4 is 4.90 Å². The molecule has 4 nitrogen and oxygen atoms in total. The highest BCUT2D eigenvalue weighted by Gasteiger charge is 2.23. The van der Waals surface area contributed by atoms with Crippen molar-refractivity contribution in [1.29, 1.82) is 0 Å². The Morgan fingerprint density at radius 2 is 2.14 bits per heavy atom. The molecule has 116 valence electrons. The molecule has 0 bridgehead atoms. The van der Waals surface area contributed by atoms with Crippen molar-refractivity contribution < 1.29 is 9.90 Å². The lowest BCUT2D eigenvalue weighted by Crippen LogP contribution is -2.42. The quantitative estimate of drug-likeness (QED) is 0.785. The van der Waals surface area contributed by atoms with E-state index in [0.29, 0.717) is 6.54 Å². The SMILES string of the molecule is CN(CCCCCO)CC(=O)N1CCSc2ccccc21. The van der Waals surface area contributed by atoms with Gasteiger partial charge in [0.25, 0.3) is 0 Å². The van der Waals surface area contributed by atoms with Crippen LogP contribution in [0.15, 0.2) is 29.2 Å². The van der Waals surface area contributed by atoms with Gasteiger partial charge in [-0.2, -0.15) is 0 Å². The molecule has 5 heteroatoms. The summed E-state index contributed by atoms with van der Waals surface area (Å²) in [5.74, 6) is 1.13. The molecule has 1 aromatic rings. The number of carbonyl (C=O) groups excluding carboxylic acids is 1. The summed E-state index contributed by atoms with van der Waals surface area (Å²) in [4.78, 5) is 17.7. The Balaban J connectivity index is 1.86. The summed E-state index contributed by atoms with van der Waals surface area (Å²) in [5, 5.41) is 8.76. The lowest BCUT2D eigenvalue weighted by atomic mass is 10.2. The third-order valence-electron chi connectivity index (χ3n) is 3.63. The van der Waals surface area contributed by atoms with E-state index in [1.54, 1.807) is 0 Å². The van der Waals surface area contributed by atoms with Crippen molar-refractivity contribution in [3.05, 3.63) is 24.3 Å². The number of likely N-dealkylation sites (N-methyl/N-ethyl adjacent to an activating group) is 1. The first-order valence-corrected chi connectivity index (χ1v) is 8.52. The smallest absolute Gasteiger partial charge is 0.241 e. The van der Waals surface area contributed by atoms with Gasteiger partial charge in [0.1, 0.15) is 0 Å². The van der Waals surface area contributed by atoms with Gasteiger partial charge >= 0.3 is 0 Å². The second-order valence-corrected chi connectivity index (χ2v) is 6.52. The van der Waals surface area contributed by atoms with Crippen LogP contribution in [-0.2, 0) is 4.79 Å². The Morgan fingerprint density at radius 3 is 2.95 bits per heavy atom. The van der Waals surface area contributed by atoms with Crippen LogP contribution in [0.25, 0.3) is 0 Å². The van der Waals surface area contributed by atoms with E-state index in [-0.39, 0.29) is 12.5 Å². The van der Waals surface area contributed by atoms with Crippen LogP contribution in [0.3, 0.4) is 0 Å². The summed E-state index contributed by atoms with van der Waals surface area (Å²) in [6, 6.07) is 8.12. The van der Waals surface area contributed by atoms with Crippen LogP contribution in [-0.4, -0.2) is 55.0 Å². The number of benzene rings is 1. The number of unbranched alkanes of at least 4 members (excludes halogenated alkanes) is 2. The van der Waals surface area contributed by atoms with E-state index in [9.17, 15) is 4.79 Å². The predicted molar refractivity (Wildman–Crippen MR) is 88.0 cm³/mol. The van der Waals surface area contributed by atoms with Crippen molar-refractivity contribution in [2.24, 2.45) is 0 Å². The minimum absolute atomic E-state index is 0.174. The summed E-state index contributed by atoms with van der Waals surface area (Å²) >= 11 is 1.82. The highest BCUT2D eigenvalue weighted by Crippen LogP contribution is 2.34. The molecule has 21 heavy (non-hydrogen) atoms. The zero-order chi connectivity index (χ0) is 15.1. The molecule has 1 N–H and O–H groups in total. The number of para-hydroxylation sites is 1. The third kappa shape index (κ3) is 4.73. The molecule has 1 aromatic carbocycles. The maximum absolute atomic E-state index is 12.5. The lowest BCUT2D eigenvalue weighted by molar-refractivity contribution is -0.119. The molecule has 0 saturated heterocycles. The molecule has 0 spiro atoms. The third-order valence-corrected chi connectivity index (χ3v) is 4.68. The Morgan fingerprint density at radius 1 is 1.33 bits per heavy atom. The maximum atomic E-state index is 12.5. The van der Waals surface area contributed by atoms with E-state index in [1.807, 2.05) is 41.9 Å². The summed E-state index contributed by atoms with van der Waals surface area (Å²) < 4.78 is 0. The van der Waals surface area contributed by atoms with Gasteiger partial charge in [-0.15, -0.1) is 11.8 Å². The molecular weight excluding hydrogens is 284 g/mol. The number of hydrogen-bond acceptors (Lipinski definition) is 4. The number of aliphatic hydroxyl groups is 1. The highest BCUT2D eigenvalue weighted by atomic mass is 32.2. The Kier molecular flexibility index (Phi) is 6.54. The largest absolute Gasteiger partial charge is 0.396 e. The number of amides is 1. The molecule has 0 unspecified atom stereocenters. The normalized spacial score (nSPS) is 14.3. The molecule has 0 fully saturated rings. The second-order valence-electron chi connectivity index (χ2n) is 5.38. The number of thioether (sulfide) groups is 1. The standard InChI is InChI=1S/C16H24N2O2S/c1-17(9-5-2-6-11-19)13-16(20)18-10-12-21-15-8-4-3-7-14(15)18/h3-4,7-8,19H,2,5-6,9-13H2,1H3. The minimum Gasteiger partial charge on any atom is -0.396 e. The predicted octanol–water partition coefficient (Wildman–Crippen LogP) is 2.22. The number of hydrogen-bond donors (Lipinski definition) is 1. The van der Waals surface area contributed by atoms with Crippen LogP contribution in [0.2, 0.25) is 0 Å². The summed E-state index contributed by atoms with van der Waals surface area (Å²) in [7, 11) is 1.99. The molecule has 1 heterocycles. The van der Waals surface area contributed by atoms with Gasteiger partial charge in [0, 0.05) is 23.8 Å². The van der Waals surface area contributed by atoms with Crippen molar-refractivity contribution in [2.75, 3.05) is 43.9 Å². The lowest BCUT2D eigenvalue weighted by Gasteiger charge is -2.30. The fourth-order valence-electron chi connectivity index (χ4n) is 2.49. The average Bonchev–Trinajstić information content (AvgIpc) is 2.51. The number of carbonyl (C=O) groups is 1. The Hall–Kier alpha value is -1.04. The highest BCUT2D eigenvalue weighted by molar-refractivity contribution is 7.99. The van der Waals surface area contributed by atoms with Gasteiger partial charge < -0.3 is 10.0 Å². The first-order chi connectivity index (χ1) is 10.2.